The normalized spacial score (nSPS) is 17.1. The second kappa shape index (κ2) is 14.9. The quantitative estimate of drug-likeness (QED) is 0.335. The molecule has 0 unspecified atom stereocenters. The van der Waals surface area contributed by atoms with Gasteiger partial charge in [0.2, 0.25) is 5.91 Å². The van der Waals surface area contributed by atoms with Crippen molar-refractivity contribution in [2.75, 3.05) is 77.6 Å². The zero-order valence-corrected chi connectivity index (χ0v) is 24.0. The van der Waals surface area contributed by atoms with E-state index < -0.39 is 0 Å². The number of hydrogen-bond acceptors (Lipinski definition) is 6. The van der Waals surface area contributed by atoms with Gasteiger partial charge in [0.15, 0.2) is 0 Å². The Morgan fingerprint density at radius 1 is 0.756 bits per heavy atom. The maximum atomic E-state index is 12.6. The van der Waals surface area contributed by atoms with E-state index in [1.165, 1.54) is 16.7 Å². The first-order chi connectivity index (χ1) is 20.2. The summed E-state index contributed by atoms with van der Waals surface area (Å²) in [6.07, 6.45) is 0.884. The third-order valence-electron chi connectivity index (χ3n) is 7.63. The molecule has 2 fully saturated rings. The molecule has 3 aromatic rings. The fourth-order valence-corrected chi connectivity index (χ4v) is 5.40. The molecule has 2 saturated heterocycles. The molecule has 1 N–H and O–H groups in total. The van der Waals surface area contributed by atoms with Crippen molar-refractivity contribution in [3.63, 3.8) is 0 Å². The maximum Gasteiger partial charge on any atom is 0.238 e. The second-order valence-electron chi connectivity index (χ2n) is 10.4. The molecule has 5 rings (SSSR count). The Labute approximate surface area is 243 Å². The number of allylic oxidation sites excluding steroid dienone is 1. The van der Waals surface area contributed by atoms with Crippen molar-refractivity contribution in [3.05, 3.63) is 95.6 Å². The third-order valence-corrected chi connectivity index (χ3v) is 7.63. The highest BCUT2D eigenvalue weighted by Gasteiger charge is 2.16. The number of hydrogen-bond donors (Lipinski definition) is 1. The molecule has 0 bridgehead atoms. The number of carbonyl (C=O) groups is 1. The van der Waals surface area contributed by atoms with Crippen LogP contribution in [0.1, 0.15) is 30.0 Å². The van der Waals surface area contributed by atoms with Crippen molar-refractivity contribution in [1.82, 2.24) is 9.80 Å². The van der Waals surface area contributed by atoms with Gasteiger partial charge in [-0.2, -0.15) is 0 Å². The van der Waals surface area contributed by atoms with E-state index >= 15 is 0 Å². The highest BCUT2D eigenvalue weighted by atomic mass is 16.5. The van der Waals surface area contributed by atoms with Gasteiger partial charge in [-0.15, -0.1) is 0 Å². The van der Waals surface area contributed by atoms with E-state index in [1.54, 1.807) is 0 Å². The van der Waals surface area contributed by atoms with Crippen LogP contribution in [-0.2, 0) is 14.3 Å². The molecule has 0 radical (unpaired) electrons. The van der Waals surface area contributed by atoms with Crippen LogP contribution in [0.2, 0.25) is 0 Å². The molecule has 2 heterocycles. The largest absolute Gasteiger partial charge is 0.492 e. The van der Waals surface area contributed by atoms with Crippen LogP contribution in [0.5, 0.6) is 5.75 Å². The number of anilines is 1. The molecule has 7 heteroatoms. The Morgan fingerprint density at radius 3 is 1.95 bits per heavy atom. The molecule has 41 heavy (non-hydrogen) atoms. The zero-order valence-electron chi connectivity index (χ0n) is 24.0. The predicted molar refractivity (Wildman–Crippen MR) is 164 cm³/mol. The van der Waals surface area contributed by atoms with Crippen LogP contribution in [0.25, 0.3) is 11.1 Å². The SMILES string of the molecule is CC/C(=C(/c1ccc(NC(=O)CN2CCOCC2)cc1)c1ccc(OCCN2CCOCC2)cc1)c1ccccc1. The summed E-state index contributed by atoms with van der Waals surface area (Å²) >= 11 is 0. The summed E-state index contributed by atoms with van der Waals surface area (Å²) in [4.78, 5) is 17.1. The van der Waals surface area contributed by atoms with E-state index in [-0.39, 0.29) is 5.91 Å². The lowest BCUT2D eigenvalue weighted by Crippen LogP contribution is -2.41. The van der Waals surface area contributed by atoms with Crippen LogP contribution < -0.4 is 10.1 Å². The van der Waals surface area contributed by atoms with E-state index in [0.29, 0.717) is 26.4 Å². The van der Waals surface area contributed by atoms with Gasteiger partial charge in [0.1, 0.15) is 12.4 Å². The molecule has 0 aromatic heterocycles. The molecule has 0 aliphatic carbocycles. The fourth-order valence-electron chi connectivity index (χ4n) is 5.40. The summed E-state index contributed by atoms with van der Waals surface area (Å²) in [6, 6.07) is 27.2. The van der Waals surface area contributed by atoms with Gasteiger partial charge in [-0.3, -0.25) is 14.6 Å². The number of ether oxygens (including phenoxy) is 3. The van der Waals surface area contributed by atoms with E-state index in [4.69, 9.17) is 14.2 Å². The summed E-state index contributed by atoms with van der Waals surface area (Å²) in [6.45, 7) is 10.6. The van der Waals surface area contributed by atoms with Gasteiger partial charge in [-0.05, 0) is 58.5 Å². The van der Waals surface area contributed by atoms with E-state index in [2.05, 4.69) is 82.7 Å². The van der Waals surface area contributed by atoms with Crippen molar-refractivity contribution in [2.24, 2.45) is 0 Å². The Morgan fingerprint density at radius 2 is 1.34 bits per heavy atom. The van der Waals surface area contributed by atoms with Gasteiger partial charge in [0.25, 0.3) is 0 Å². The summed E-state index contributed by atoms with van der Waals surface area (Å²) < 4.78 is 16.9. The van der Waals surface area contributed by atoms with Crippen LogP contribution in [0, 0.1) is 0 Å². The predicted octanol–water partition coefficient (Wildman–Crippen LogP) is 5.04. The van der Waals surface area contributed by atoms with Gasteiger partial charge < -0.3 is 19.5 Å². The monoisotopic (exact) mass is 555 g/mol. The third kappa shape index (κ3) is 8.27. The fraction of sp³-hybridized carbons (Fsp3) is 0.382. The first-order valence-corrected chi connectivity index (χ1v) is 14.7. The Kier molecular flexibility index (Phi) is 10.6. The molecule has 7 nitrogen and oxygen atoms in total. The van der Waals surface area contributed by atoms with Gasteiger partial charge in [-0.1, -0.05) is 61.5 Å². The first-order valence-electron chi connectivity index (χ1n) is 14.7. The topological polar surface area (TPSA) is 63.3 Å². The average Bonchev–Trinajstić information content (AvgIpc) is 3.02. The number of nitrogens with zero attached hydrogens (tertiary/aromatic N) is 2. The molecule has 2 aliphatic rings. The number of nitrogens with one attached hydrogen (secondary N) is 1. The van der Waals surface area contributed by atoms with Crippen LogP contribution in [0.15, 0.2) is 78.9 Å². The van der Waals surface area contributed by atoms with Crippen molar-refractivity contribution in [3.8, 4) is 5.75 Å². The second-order valence-corrected chi connectivity index (χ2v) is 10.4. The maximum absolute atomic E-state index is 12.6. The molecule has 2 aliphatic heterocycles. The van der Waals surface area contributed by atoms with E-state index in [9.17, 15) is 4.79 Å². The Bertz CT molecular complexity index is 1260. The Hall–Kier alpha value is -3.49. The summed E-state index contributed by atoms with van der Waals surface area (Å²) in [7, 11) is 0. The molecule has 0 atom stereocenters. The summed E-state index contributed by atoms with van der Waals surface area (Å²) in [5.74, 6) is 0.871. The van der Waals surface area contributed by atoms with Crippen molar-refractivity contribution in [2.45, 2.75) is 13.3 Å². The molecule has 1 amide bonds. The Balaban J connectivity index is 1.33. The standard InChI is InChI=1S/C34H41N3O4/c1-2-32(27-6-4-3-5-7-27)34(29-10-14-31(15-11-29)41-25-20-36-16-21-39-22-17-36)28-8-12-30(13-9-28)35-33(38)26-37-18-23-40-24-19-37/h3-15H,2,16-26H2,1H3,(H,35,38)/b34-32+. The van der Waals surface area contributed by atoms with Gasteiger partial charge in [0, 0.05) is 38.4 Å². The van der Waals surface area contributed by atoms with Crippen LogP contribution in [-0.4, -0.2) is 88.0 Å². The number of amides is 1. The van der Waals surface area contributed by atoms with Gasteiger partial charge >= 0.3 is 0 Å². The molecule has 0 spiro atoms. The van der Waals surface area contributed by atoms with Gasteiger partial charge in [-0.25, -0.2) is 0 Å². The van der Waals surface area contributed by atoms with Crippen molar-refractivity contribution < 1.29 is 19.0 Å². The van der Waals surface area contributed by atoms with Crippen LogP contribution in [0.4, 0.5) is 5.69 Å². The van der Waals surface area contributed by atoms with E-state index in [1.807, 2.05) is 18.2 Å². The van der Waals surface area contributed by atoms with Crippen LogP contribution in [0.3, 0.4) is 0 Å². The van der Waals surface area contributed by atoms with Crippen LogP contribution >= 0.6 is 0 Å². The highest BCUT2D eigenvalue weighted by Crippen LogP contribution is 2.35. The van der Waals surface area contributed by atoms with Crippen molar-refractivity contribution in [1.29, 1.82) is 0 Å². The molecule has 3 aromatic carbocycles. The minimum absolute atomic E-state index is 0.00171. The first kappa shape index (κ1) is 29.0. The lowest BCUT2D eigenvalue weighted by atomic mass is 9.88. The number of morpholine rings is 2. The average molecular weight is 556 g/mol. The zero-order chi connectivity index (χ0) is 28.3. The number of rotatable bonds is 11. The van der Waals surface area contributed by atoms with Crippen molar-refractivity contribution >= 4 is 22.7 Å². The minimum atomic E-state index is -0.00171. The number of carbonyl (C=O) groups excluding carboxylic acids is 1. The van der Waals surface area contributed by atoms with Gasteiger partial charge in [0.05, 0.1) is 33.0 Å². The molecule has 216 valence electrons. The summed E-state index contributed by atoms with van der Waals surface area (Å²) in [5.41, 5.74) is 6.71. The smallest absolute Gasteiger partial charge is 0.238 e. The highest BCUT2D eigenvalue weighted by molar-refractivity contribution is 5.99. The molecular formula is C34H41N3O4. The molecule has 0 saturated carbocycles. The lowest BCUT2D eigenvalue weighted by Gasteiger charge is -2.26. The number of benzene rings is 3. The lowest BCUT2D eigenvalue weighted by molar-refractivity contribution is -0.118. The van der Waals surface area contributed by atoms with E-state index in [0.717, 1.165) is 74.9 Å². The molecular weight excluding hydrogens is 514 g/mol. The minimum Gasteiger partial charge on any atom is -0.492 e. The summed E-state index contributed by atoms with van der Waals surface area (Å²) in [5, 5.41) is 3.06.